The molecule has 7 heteroatoms. The Morgan fingerprint density at radius 1 is 1.40 bits per heavy atom. The summed E-state index contributed by atoms with van der Waals surface area (Å²) in [7, 11) is 0. The molecule has 1 fully saturated rings. The Labute approximate surface area is 86.4 Å². The molecular formula is C8H15NO6. The van der Waals surface area contributed by atoms with Gasteiger partial charge >= 0.3 is 5.97 Å². The van der Waals surface area contributed by atoms with E-state index < -0.39 is 36.6 Å². The molecule has 7 nitrogen and oxygen atoms in total. The quantitative estimate of drug-likeness (QED) is 0.375. The fourth-order valence-electron chi connectivity index (χ4n) is 1.30. The topological polar surface area (TPSA) is 122 Å². The Hall–Kier alpha value is -0.730. The highest BCUT2D eigenvalue weighted by Gasteiger charge is 2.42. The number of ether oxygens (including phenoxy) is 2. The molecule has 0 aromatic rings. The fraction of sp³-hybridized carbons (Fsp3) is 0.875. The molecule has 15 heavy (non-hydrogen) atoms. The summed E-state index contributed by atoms with van der Waals surface area (Å²) in [4.78, 5) is 10.5. The van der Waals surface area contributed by atoms with E-state index >= 15 is 0 Å². The lowest BCUT2D eigenvalue weighted by atomic mass is 9.98. The van der Waals surface area contributed by atoms with Gasteiger partial charge in [0.05, 0.1) is 6.04 Å². The van der Waals surface area contributed by atoms with Crippen LogP contribution >= 0.6 is 0 Å². The van der Waals surface area contributed by atoms with Crippen molar-refractivity contribution in [3.8, 4) is 0 Å². The normalized spacial score (nSPS) is 41.3. The number of carbonyl (C=O) groups excluding carboxylic acids is 1. The first-order chi connectivity index (χ1) is 6.93. The van der Waals surface area contributed by atoms with Crippen molar-refractivity contribution in [2.24, 2.45) is 5.73 Å². The minimum absolute atomic E-state index is 0.239. The van der Waals surface area contributed by atoms with Crippen molar-refractivity contribution in [2.45, 2.75) is 37.6 Å². The summed E-state index contributed by atoms with van der Waals surface area (Å²) in [5.74, 6) is -0.537. The Balaban J connectivity index is 2.54. The lowest BCUT2D eigenvalue weighted by molar-refractivity contribution is -0.250. The predicted octanol–water partition coefficient (Wildman–Crippen LogP) is -2.68. The van der Waals surface area contributed by atoms with E-state index in [1.165, 1.54) is 6.92 Å². The van der Waals surface area contributed by atoms with Crippen molar-refractivity contribution in [3.05, 3.63) is 0 Å². The highest BCUT2D eigenvalue weighted by molar-refractivity contribution is 5.65. The Morgan fingerprint density at radius 3 is 2.53 bits per heavy atom. The zero-order valence-corrected chi connectivity index (χ0v) is 8.24. The summed E-state index contributed by atoms with van der Waals surface area (Å²) < 4.78 is 9.47. The van der Waals surface area contributed by atoms with Crippen LogP contribution in [0.1, 0.15) is 6.92 Å². The molecule has 0 aromatic heterocycles. The average Bonchev–Trinajstić information content (AvgIpc) is 2.18. The standard InChI is InChI=1S/C8H15NO6/c1-3(10)14-2-4-6(11)7(12)5(9)8(13)15-4/h4-8,11-13H,2,9H2,1H3/t4?,5-,6-,7?,8+/m0/s1. The summed E-state index contributed by atoms with van der Waals surface area (Å²) >= 11 is 0. The first-order valence-electron chi connectivity index (χ1n) is 4.52. The third-order valence-corrected chi connectivity index (χ3v) is 2.22. The van der Waals surface area contributed by atoms with Crippen LogP contribution in [-0.4, -0.2) is 58.5 Å². The van der Waals surface area contributed by atoms with Crippen LogP contribution in [0.2, 0.25) is 0 Å². The number of hydrogen-bond donors (Lipinski definition) is 4. The fourth-order valence-corrected chi connectivity index (χ4v) is 1.30. The van der Waals surface area contributed by atoms with E-state index in [-0.39, 0.29) is 6.61 Å². The molecule has 88 valence electrons. The molecule has 1 rings (SSSR count). The van der Waals surface area contributed by atoms with Gasteiger partial charge in [0.15, 0.2) is 6.29 Å². The number of nitrogens with two attached hydrogens (primary N) is 1. The molecule has 1 heterocycles. The zero-order valence-electron chi connectivity index (χ0n) is 8.24. The maximum atomic E-state index is 10.5. The third-order valence-electron chi connectivity index (χ3n) is 2.22. The van der Waals surface area contributed by atoms with Crippen molar-refractivity contribution in [1.29, 1.82) is 0 Å². The minimum atomic E-state index is -1.39. The van der Waals surface area contributed by atoms with Gasteiger partial charge in [-0.1, -0.05) is 0 Å². The number of hydrogen-bond acceptors (Lipinski definition) is 7. The van der Waals surface area contributed by atoms with Crippen molar-refractivity contribution in [1.82, 2.24) is 0 Å². The molecule has 5 N–H and O–H groups in total. The molecule has 0 radical (unpaired) electrons. The van der Waals surface area contributed by atoms with E-state index in [1.807, 2.05) is 0 Å². The van der Waals surface area contributed by atoms with E-state index in [4.69, 9.17) is 10.5 Å². The molecule has 0 amide bonds. The summed E-state index contributed by atoms with van der Waals surface area (Å²) in [6.45, 7) is 0.963. The summed E-state index contributed by atoms with van der Waals surface area (Å²) in [6.07, 6.45) is -4.96. The maximum Gasteiger partial charge on any atom is 0.302 e. The smallest absolute Gasteiger partial charge is 0.302 e. The Bertz CT molecular complexity index is 235. The largest absolute Gasteiger partial charge is 0.463 e. The zero-order chi connectivity index (χ0) is 11.6. The molecule has 0 aromatic carbocycles. The van der Waals surface area contributed by atoms with Gasteiger partial charge in [-0.15, -0.1) is 0 Å². The molecular weight excluding hydrogens is 206 g/mol. The number of aliphatic hydroxyl groups is 3. The van der Waals surface area contributed by atoms with Crippen LogP contribution < -0.4 is 5.73 Å². The number of aliphatic hydroxyl groups excluding tert-OH is 3. The second-order valence-corrected chi connectivity index (χ2v) is 3.43. The van der Waals surface area contributed by atoms with Crippen LogP contribution in [0.15, 0.2) is 0 Å². The van der Waals surface area contributed by atoms with Crippen LogP contribution in [0.5, 0.6) is 0 Å². The van der Waals surface area contributed by atoms with E-state index in [9.17, 15) is 20.1 Å². The SMILES string of the molecule is CC(=O)OCC1O[C@@H](O)[C@@H](N)C(O)[C@H]1O. The monoisotopic (exact) mass is 221 g/mol. The summed E-state index contributed by atoms with van der Waals surface area (Å²) in [5, 5.41) is 28.1. The van der Waals surface area contributed by atoms with Gasteiger partial charge < -0.3 is 30.5 Å². The van der Waals surface area contributed by atoms with Crippen LogP contribution in [-0.2, 0) is 14.3 Å². The molecule has 0 saturated carbocycles. The van der Waals surface area contributed by atoms with E-state index in [0.29, 0.717) is 0 Å². The molecule has 0 spiro atoms. The van der Waals surface area contributed by atoms with Gasteiger partial charge in [0.2, 0.25) is 0 Å². The molecule has 5 atom stereocenters. The van der Waals surface area contributed by atoms with Gasteiger partial charge in [-0.25, -0.2) is 0 Å². The number of carbonyl (C=O) groups is 1. The Kier molecular flexibility index (Phi) is 4.00. The molecule has 2 unspecified atom stereocenters. The lowest BCUT2D eigenvalue weighted by Crippen LogP contribution is -2.62. The van der Waals surface area contributed by atoms with Crippen molar-refractivity contribution in [3.63, 3.8) is 0 Å². The third kappa shape index (κ3) is 2.86. The molecule has 1 saturated heterocycles. The van der Waals surface area contributed by atoms with Gasteiger partial charge in [-0.3, -0.25) is 4.79 Å². The number of rotatable bonds is 2. The molecule has 1 aliphatic rings. The lowest BCUT2D eigenvalue weighted by Gasteiger charge is -2.38. The van der Waals surface area contributed by atoms with Gasteiger partial charge in [-0.05, 0) is 0 Å². The first kappa shape index (κ1) is 12.3. The van der Waals surface area contributed by atoms with Gasteiger partial charge in [-0.2, -0.15) is 0 Å². The number of esters is 1. The van der Waals surface area contributed by atoms with Crippen molar-refractivity contribution >= 4 is 5.97 Å². The predicted molar refractivity (Wildman–Crippen MR) is 47.5 cm³/mol. The van der Waals surface area contributed by atoms with Crippen molar-refractivity contribution in [2.75, 3.05) is 6.61 Å². The highest BCUT2D eigenvalue weighted by atomic mass is 16.6. The van der Waals surface area contributed by atoms with Crippen LogP contribution in [0.25, 0.3) is 0 Å². The van der Waals surface area contributed by atoms with E-state index in [2.05, 4.69) is 4.74 Å². The molecule has 1 aliphatic heterocycles. The van der Waals surface area contributed by atoms with Crippen LogP contribution in [0, 0.1) is 0 Å². The average molecular weight is 221 g/mol. The second-order valence-electron chi connectivity index (χ2n) is 3.43. The minimum Gasteiger partial charge on any atom is -0.463 e. The van der Waals surface area contributed by atoms with Gasteiger partial charge in [0.1, 0.15) is 24.9 Å². The van der Waals surface area contributed by atoms with E-state index in [0.717, 1.165) is 0 Å². The first-order valence-corrected chi connectivity index (χ1v) is 4.52. The van der Waals surface area contributed by atoms with Gasteiger partial charge in [0, 0.05) is 6.92 Å². The molecule has 0 bridgehead atoms. The summed E-state index contributed by atoms with van der Waals surface area (Å²) in [6, 6.07) is -1.08. The highest BCUT2D eigenvalue weighted by Crippen LogP contribution is 2.18. The van der Waals surface area contributed by atoms with Crippen molar-refractivity contribution < 1.29 is 29.6 Å². The van der Waals surface area contributed by atoms with Crippen LogP contribution in [0.3, 0.4) is 0 Å². The Morgan fingerprint density at radius 2 is 2.00 bits per heavy atom. The molecule has 0 aliphatic carbocycles. The maximum absolute atomic E-state index is 10.5. The summed E-state index contributed by atoms with van der Waals surface area (Å²) in [5.41, 5.74) is 5.34. The van der Waals surface area contributed by atoms with Crippen LogP contribution in [0.4, 0.5) is 0 Å². The second kappa shape index (κ2) is 4.86. The van der Waals surface area contributed by atoms with Gasteiger partial charge in [0.25, 0.3) is 0 Å². The van der Waals surface area contributed by atoms with E-state index in [1.54, 1.807) is 0 Å².